The Morgan fingerprint density at radius 2 is 2.03 bits per heavy atom. The highest BCUT2D eigenvalue weighted by Gasteiger charge is 2.34. The summed E-state index contributed by atoms with van der Waals surface area (Å²) in [4.78, 5) is 9.13. The molecule has 1 aliphatic rings. The van der Waals surface area contributed by atoms with Crippen LogP contribution in [0.2, 0.25) is 0 Å². The van der Waals surface area contributed by atoms with Crippen LogP contribution in [0.1, 0.15) is 30.0 Å². The Hall–Kier alpha value is -3.22. The van der Waals surface area contributed by atoms with E-state index in [0.29, 0.717) is 37.5 Å². The molecule has 0 spiro atoms. The topological polar surface area (TPSA) is 111 Å². The van der Waals surface area contributed by atoms with Gasteiger partial charge in [0.25, 0.3) is 0 Å². The number of pyridine rings is 1. The van der Waals surface area contributed by atoms with Crippen LogP contribution in [0.5, 0.6) is 11.5 Å². The third kappa shape index (κ3) is 5.13. The summed E-state index contributed by atoms with van der Waals surface area (Å²) in [6.07, 6.45) is 6.77. The normalized spacial score (nSPS) is 16.6. The molecule has 1 fully saturated rings. The van der Waals surface area contributed by atoms with Crippen molar-refractivity contribution in [3.05, 3.63) is 70.7 Å². The molecule has 1 aromatic carbocycles. The maximum Gasteiger partial charge on any atom is 0.246 e. The number of anilines is 1. The smallest absolute Gasteiger partial charge is 0.246 e. The minimum absolute atomic E-state index is 0.0918. The summed E-state index contributed by atoms with van der Waals surface area (Å²) >= 11 is 3.54. The molecule has 4 aromatic rings. The van der Waals surface area contributed by atoms with Gasteiger partial charge in [-0.3, -0.25) is 4.98 Å². The number of benzene rings is 1. The number of fused-ring (bicyclic) bond motifs is 1. The predicted molar refractivity (Wildman–Crippen MR) is 143 cm³/mol. The molecule has 1 unspecified atom stereocenters. The van der Waals surface area contributed by atoms with E-state index >= 15 is 0 Å². The van der Waals surface area contributed by atoms with Crippen molar-refractivity contribution in [1.82, 2.24) is 23.9 Å². The first-order chi connectivity index (χ1) is 17.9. The number of ether oxygens (including phenoxy) is 2. The van der Waals surface area contributed by atoms with Crippen LogP contribution >= 0.6 is 15.9 Å². The molecule has 4 heterocycles. The second-order valence-corrected chi connectivity index (χ2v) is 11.5. The third-order valence-corrected chi connectivity index (χ3v) is 8.88. The van der Waals surface area contributed by atoms with Crippen LogP contribution in [0.3, 0.4) is 0 Å². The fourth-order valence-electron chi connectivity index (χ4n) is 4.51. The van der Waals surface area contributed by atoms with E-state index < -0.39 is 10.0 Å². The van der Waals surface area contributed by atoms with Gasteiger partial charge in [0.2, 0.25) is 10.0 Å². The number of methoxy groups -OCH3 is 2. The van der Waals surface area contributed by atoms with Gasteiger partial charge in [0.1, 0.15) is 22.2 Å². The molecular formula is C25H27BrN6O4S. The lowest BCUT2D eigenvalue weighted by atomic mass is 9.96. The maximum absolute atomic E-state index is 13.7. The van der Waals surface area contributed by atoms with E-state index in [9.17, 15) is 8.42 Å². The van der Waals surface area contributed by atoms with Crippen LogP contribution in [-0.2, 0) is 16.6 Å². The van der Waals surface area contributed by atoms with Crippen molar-refractivity contribution < 1.29 is 17.9 Å². The van der Waals surface area contributed by atoms with Crippen molar-refractivity contribution in [2.75, 3.05) is 32.6 Å². The van der Waals surface area contributed by atoms with Crippen LogP contribution in [-0.4, -0.2) is 59.6 Å². The minimum atomic E-state index is -3.82. The molecule has 194 valence electrons. The summed E-state index contributed by atoms with van der Waals surface area (Å²) in [7, 11) is -0.857. The maximum atomic E-state index is 13.7. The number of piperidine rings is 1. The fourth-order valence-corrected chi connectivity index (χ4v) is 6.55. The van der Waals surface area contributed by atoms with Gasteiger partial charge in [0, 0.05) is 50.1 Å². The zero-order valence-corrected chi connectivity index (χ0v) is 22.9. The highest BCUT2D eigenvalue weighted by Crippen LogP contribution is 2.35. The standard InChI is InChI=1S/C25H27BrN6O4S/c1-35-19-7-8-22(36-2)23(11-19)37(33,34)31-10-4-6-18(16-31)21-12-24(28-14-17-5-3-9-27-13-17)32-25(30-21)20(26)15-29-32/h3,5,7-9,11-13,15,18,28H,4,6,10,14,16H2,1-2H3. The minimum Gasteiger partial charge on any atom is -0.497 e. The summed E-state index contributed by atoms with van der Waals surface area (Å²) in [6, 6.07) is 10.6. The van der Waals surface area contributed by atoms with Gasteiger partial charge >= 0.3 is 0 Å². The van der Waals surface area contributed by atoms with Gasteiger partial charge in [-0.15, -0.1) is 0 Å². The van der Waals surface area contributed by atoms with Gasteiger partial charge in [-0.05, 0) is 52.5 Å². The molecule has 1 aliphatic heterocycles. The first-order valence-electron chi connectivity index (χ1n) is 11.8. The molecule has 0 bridgehead atoms. The molecule has 5 rings (SSSR count). The van der Waals surface area contributed by atoms with E-state index in [-0.39, 0.29) is 16.6 Å². The van der Waals surface area contributed by atoms with Gasteiger partial charge in [0.15, 0.2) is 5.65 Å². The summed E-state index contributed by atoms with van der Waals surface area (Å²) in [5.41, 5.74) is 2.50. The lowest BCUT2D eigenvalue weighted by Crippen LogP contribution is -2.39. The number of nitrogens with zero attached hydrogens (tertiary/aromatic N) is 5. The number of halogens is 1. The second kappa shape index (κ2) is 10.6. The Bertz CT molecular complexity index is 1510. The summed E-state index contributed by atoms with van der Waals surface area (Å²) in [6.45, 7) is 1.29. The van der Waals surface area contributed by atoms with Gasteiger partial charge < -0.3 is 14.8 Å². The zero-order chi connectivity index (χ0) is 26.0. The average molecular weight is 588 g/mol. The molecule has 0 amide bonds. The lowest BCUT2D eigenvalue weighted by molar-refractivity contribution is 0.310. The van der Waals surface area contributed by atoms with Crippen LogP contribution in [0.15, 0.2) is 64.4 Å². The highest BCUT2D eigenvalue weighted by atomic mass is 79.9. The van der Waals surface area contributed by atoms with Gasteiger partial charge in [-0.1, -0.05) is 6.07 Å². The number of hydrogen-bond acceptors (Lipinski definition) is 8. The lowest BCUT2D eigenvalue weighted by Gasteiger charge is -2.32. The molecule has 1 atom stereocenters. The molecule has 0 saturated carbocycles. The summed E-state index contributed by atoms with van der Waals surface area (Å²) in [5.74, 6) is 1.41. The SMILES string of the molecule is COc1ccc(OC)c(S(=O)(=O)N2CCCC(c3cc(NCc4cccnc4)n4ncc(Br)c4n3)C2)c1. The van der Waals surface area contributed by atoms with Gasteiger partial charge in [-0.2, -0.15) is 13.9 Å². The van der Waals surface area contributed by atoms with Crippen molar-refractivity contribution in [2.24, 2.45) is 0 Å². The van der Waals surface area contributed by atoms with E-state index in [2.05, 4.69) is 31.3 Å². The van der Waals surface area contributed by atoms with Crippen LogP contribution in [0, 0.1) is 0 Å². The summed E-state index contributed by atoms with van der Waals surface area (Å²) in [5, 5.41) is 7.87. The Balaban J connectivity index is 1.45. The van der Waals surface area contributed by atoms with Crippen LogP contribution in [0.4, 0.5) is 5.82 Å². The van der Waals surface area contributed by atoms with E-state index in [1.54, 1.807) is 29.0 Å². The Kier molecular flexibility index (Phi) is 7.31. The van der Waals surface area contributed by atoms with Crippen LogP contribution in [0.25, 0.3) is 5.65 Å². The fraction of sp³-hybridized carbons (Fsp3) is 0.320. The molecule has 1 N–H and O–H groups in total. The van der Waals surface area contributed by atoms with Crippen molar-refractivity contribution in [3.63, 3.8) is 0 Å². The van der Waals surface area contributed by atoms with Crippen LogP contribution < -0.4 is 14.8 Å². The molecule has 0 radical (unpaired) electrons. The molecule has 37 heavy (non-hydrogen) atoms. The first-order valence-corrected chi connectivity index (χ1v) is 14.0. The van der Waals surface area contributed by atoms with Crippen molar-refractivity contribution >= 4 is 37.4 Å². The number of sulfonamides is 1. The van der Waals surface area contributed by atoms with Gasteiger partial charge in [0.05, 0.1) is 30.6 Å². The monoisotopic (exact) mass is 586 g/mol. The molecule has 12 heteroatoms. The predicted octanol–water partition coefficient (Wildman–Crippen LogP) is 4.08. The van der Waals surface area contributed by atoms with E-state index in [4.69, 9.17) is 14.5 Å². The van der Waals surface area contributed by atoms with E-state index in [1.165, 1.54) is 24.6 Å². The van der Waals surface area contributed by atoms with Gasteiger partial charge in [-0.25, -0.2) is 13.4 Å². The number of rotatable bonds is 8. The number of aromatic nitrogens is 4. The quantitative estimate of drug-likeness (QED) is 0.329. The average Bonchev–Trinajstić information content (AvgIpc) is 3.32. The van der Waals surface area contributed by atoms with E-state index in [1.807, 2.05) is 24.4 Å². The largest absolute Gasteiger partial charge is 0.497 e. The van der Waals surface area contributed by atoms with Crippen molar-refractivity contribution in [1.29, 1.82) is 0 Å². The van der Waals surface area contributed by atoms with E-state index in [0.717, 1.165) is 28.0 Å². The third-order valence-electron chi connectivity index (χ3n) is 6.44. The zero-order valence-electron chi connectivity index (χ0n) is 20.5. The van der Waals surface area contributed by atoms with Crippen molar-refractivity contribution in [2.45, 2.75) is 30.2 Å². The highest BCUT2D eigenvalue weighted by molar-refractivity contribution is 9.10. The molecular weight excluding hydrogens is 560 g/mol. The summed E-state index contributed by atoms with van der Waals surface area (Å²) < 4.78 is 42.0. The first kappa shape index (κ1) is 25.4. The number of hydrogen-bond donors (Lipinski definition) is 1. The number of nitrogens with one attached hydrogen (secondary N) is 1. The Labute approximate surface area is 223 Å². The second-order valence-electron chi connectivity index (χ2n) is 8.73. The molecule has 1 saturated heterocycles. The molecule has 10 nitrogen and oxygen atoms in total. The Morgan fingerprint density at radius 3 is 2.78 bits per heavy atom. The molecule has 0 aliphatic carbocycles. The molecule has 3 aromatic heterocycles. The van der Waals surface area contributed by atoms with Crippen molar-refractivity contribution in [3.8, 4) is 11.5 Å². The Morgan fingerprint density at radius 1 is 1.16 bits per heavy atom.